The van der Waals surface area contributed by atoms with Gasteiger partial charge in [0.05, 0.1) is 26.3 Å². The number of para-hydroxylation sites is 1. The molecule has 1 aromatic heterocycles. The molecule has 1 aliphatic heterocycles. The van der Waals surface area contributed by atoms with Gasteiger partial charge >= 0.3 is 11.9 Å². The third kappa shape index (κ3) is 3.03. The third-order valence-corrected chi connectivity index (χ3v) is 4.95. The van der Waals surface area contributed by atoms with E-state index in [-0.39, 0.29) is 12.3 Å². The van der Waals surface area contributed by atoms with Gasteiger partial charge in [-0.25, -0.2) is 4.79 Å². The van der Waals surface area contributed by atoms with E-state index in [1.165, 1.54) is 30.5 Å². The monoisotopic (exact) mass is 375 g/mol. The van der Waals surface area contributed by atoms with E-state index in [2.05, 4.69) is 0 Å². The minimum Gasteiger partial charge on any atom is -0.469 e. The van der Waals surface area contributed by atoms with E-state index in [9.17, 15) is 14.4 Å². The van der Waals surface area contributed by atoms with Gasteiger partial charge in [-0.3, -0.25) is 14.5 Å². The van der Waals surface area contributed by atoms with Gasteiger partial charge < -0.3 is 14.2 Å². The summed E-state index contributed by atoms with van der Waals surface area (Å²) in [6, 6.07) is 10.2. The van der Waals surface area contributed by atoms with Gasteiger partial charge in [0, 0.05) is 4.88 Å². The van der Waals surface area contributed by atoms with Crippen LogP contribution in [0.3, 0.4) is 0 Å². The van der Waals surface area contributed by atoms with Gasteiger partial charge in [0.2, 0.25) is 0 Å². The second-order valence-electron chi connectivity index (χ2n) is 5.60. The number of rotatable bonds is 5. The van der Waals surface area contributed by atoms with Crippen LogP contribution in [0, 0.1) is 0 Å². The first-order valence-electron chi connectivity index (χ1n) is 7.79. The minimum absolute atomic E-state index is 0.0942. The lowest BCUT2D eigenvalue weighted by Crippen LogP contribution is -2.64. The van der Waals surface area contributed by atoms with Crippen LogP contribution < -0.4 is 4.74 Å². The summed E-state index contributed by atoms with van der Waals surface area (Å²) in [5, 5.41) is 1.86. The summed E-state index contributed by atoms with van der Waals surface area (Å²) in [5.74, 6) is -1.75. The van der Waals surface area contributed by atoms with Crippen LogP contribution in [0.15, 0.2) is 41.8 Å². The summed E-state index contributed by atoms with van der Waals surface area (Å²) in [6.07, 6.45) is -0.485. The fourth-order valence-corrected chi connectivity index (χ4v) is 3.51. The number of benzene rings is 1. The average Bonchev–Trinajstić information content (AvgIpc) is 3.17. The van der Waals surface area contributed by atoms with E-state index >= 15 is 0 Å². The van der Waals surface area contributed by atoms with Gasteiger partial charge in [0.1, 0.15) is 12.2 Å². The molecule has 7 nitrogen and oxygen atoms in total. The van der Waals surface area contributed by atoms with Gasteiger partial charge in [-0.1, -0.05) is 18.2 Å². The minimum atomic E-state index is -1.93. The second kappa shape index (κ2) is 7.17. The van der Waals surface area contributed by atoms with Crippen molar-refractivity contribution in [2.24, 2.45) is 0 Å². The molecule has 1 amide bonds. The van der Waals surface area contributed by atoms with Gasteiger partial charge in [0.25, 0.3) is 11.6 Å². The highest BCUT2D eigenvalue weighted by Crippen LogP contribution is 2.38. The van der Waals surface area contributed by atoms with Crippen molar-refractivity contribution >= 4 is 29.2 Å². The molecule has 0 N–H and O–H groups in total. The van der Waals surface area contributed by atoms with Gasteiger partial charge in [-0.15, -0.1) is 11.3 Å². The lowest BCUT2D eigenvalue weighted by molar-refractivity contribution is -0.184. The summed E-state index contributed by atoms with van der Waals surface area (Å²) >= 11 is 1.43. The van der Waals surface area contributed by atoms with Crippen molar-refractivity contribution < 1.29 is 28.6 Å². The number of nitrogens with zero attached hydrogens (tertiary/aromatic N) is 1. The van der Waals surface area contributed by atoms with Crippen LogP contribution >= 0.6 is 11.3 Å². The number of thiophene rings is 1. The fourth-order valence-electron chi connectivity index (χ4n) is 2.82. The molecule has 2 heterocycles. The molecule has 0 saturated heterocycles. The molecule has 0 radical (unpaired) electrons. The van der Waals surface area contributed by atoms with E-state index < -0.39 is 30.0 Å². The topological polar surface area (TPSA) is 82.1 Å². The predicted octanol–water partition coefficient (Wildman–Crippen LogP) is 2.22. The van der Waals surface area contributed by atoms with Crippen molar-refractivity contribution in [2.75, 3.05) is 14.2 Å². The van der Waals surface area contributed by atoms with E-state index in [0.717, 1.165) is 4.88 Å². The largest absolute Gasteiger partial charge is 0.469 e. The second-order valence-corrected chi connectivity index (χ2v) is 6.63. The van der Waals surface area contributed by atoms with Gasteiger partial charge in [0.15, 0.2) is 0 Å². The van der Waals surface area contributed by atoms with Crippen molar-refractivity contribution in [1.82, 2.24) is 4.90 Å². The molecule has 0 spiro atoms. The molecule has 1 aromatic carbocycles. The predicted molar refractivity (Wildman–Crippen MR) is 92.6 cm³/mol. The first kappa shape index (κ1) is 17.9. The maximum atomic E-state index is 13.1. The Morgan fingerprint density at radius 2 is 1.92 bits per heavy atom. The van der Waals surface area contributed by atoms with Crippen molar-refractivity contribution in [3.63, 3.8) is 0 Å². The van der Waals surface area contributed by atoms with Crippen LogP contribution in [0.25, 0.3) is 0 Å². The number of methoxy groups -OCH3 is 2. The van der Waals surface area contributed by atoms with Crippen LogP contribution in [-0.2, 0) is 25.6 Å². The number of esters is 2. The lowest BCUT2D eigenvalue weighted by atomic mass is 10.0. The number of carbonyl (C=O) groups excluding carboxylic acids is 3. The number of amides is 1. The highest BCUT2D eigenvalue weighted by molar-refractivity contribution is 7.09. The standard InChI is InChI=1S/C18H17NO6S/c1-23-15(20)10-18(17(22)24-2)19(11-12-6-5-9-26-12)16(21)13-7-3-4-8-14(13)25-18/h3-9H,10-11H2,1-2H3. The number of ether oxygens (including phenoxy) is 3. The molecular formula is C18H17NO6S. The van der Waals surface area contributed by atoms with E-state index in [1.807, 2.05) is 17.5 Å². The Balaban J connectivity index is 2.13. The summed E-state index contributed by atoms with van der Waals surface area (Å²) in [6.45, 7) is 0.0942. The van der Waals surface area contributed by atoms with Crippen LogP contribution in [0.1, 0.15) is 21.7 Å². The molecule has 8 heteroatoms. The third-order valence-electron chi connectivity index (χ3n) is 4.09. The lowest BCUT2D eigenvalue weighted by Gasteiger charge is -2.43. The van der Waals surface area contributed by atoms with E-state index in [1.54, 1.807) is 24.3 Å². The number of fused-ring (bicyclic) bond motifs is 1. The Morgan fingerprint density at radius 3 is 2.58 bits per heavy atom. The molecule has 26 heavy (non-hydrogen) atoms. The van der Waals surface area contributed by atoms with Gasteiger partial charge in [-0.05, 0) is 23.6 Å². The number of hydrogen-bond donors (Lipinski definition) is 0. The maximum Gasteiger partial charge on any atom is 0.373 e. The highest BCUT2D eigenvalue weighted by atomic mass is 32.1. The molecule has 0 aliphatic carbocycles. The Bertz CT molecular complexity index is 834. The van der Waals surface area contributed by atoms with Crippen molar-refractivity contribution in [3.05, 3.63) is 52.2 Å². The van der Waals surface area contributed by atoms with Crippen LogP contribution in [0.2, 0.25) is 0 Å². The molecule has 0 bridgehead atoms. The molecule has 1 unspecified atom stereocenters. The molecule has 136 valence electrons. The molecule has 3 rings (SSSR count). The van der Waals surface area contributed by atoms with Crippen molar-refractivity contribution in [2.45, 2.75) is 18.7 Å². The van der Waals surface area contributed by atoms with Crippen LogP contribution in [-0.4, -0.2) is 42.7 Å². The Hall–Kier alpha value is -2.87. The highest BCUT2D eigenvalue weighted by Gasteiger charge is 2.55. The fraction of sp³-hybridized carbons (Fsp3) is 0.278. The molecular weight excluding hydrogens is 358 g/mol. The summed E-state index contributed by atoms with van der Waals surface area (Å²) in [7, 11) is 2.38. The Morgan fingerprint density at radius 1 is 1.15 bits per heavy atom. The molecule has 1 aliphatic rings. The first-order valence-corrected chi connectivity index (χ1v) is 8.67. The Kier molecular flexibility index (Phi) is 4.94. The molecule has 0 saturated carbocycles. The summed E-state index contributed by atoms with van der Waals surface area (Å²) in [4.78, 5) is 39.9. The average molecular weight is 375 g/mol. The Labute approximate surface area is 154 Å². The van der Waals surface area contributed by atoms with Crippen molar-refractivity contribution in [1.29, 1.82) is 0 Å². The molecule has 1 atom stereocenters. The van der Waals surface area contributed by atoms with E-state index in [4.69, 9.17) is 14.2 Å². The normalized spacial score (nSPS) is 18.7. The zero-order valence-electron chi connectivity index (χ0n) is 14.3. The van der Waals surface area contributed by atoms with Crippen LogP contribution in [0.5, 0.6) is 5.75 Å². The molecule has 0 fully saturated rings. The molecule has 2 aromatic rings. The summed E-state index contributed by atoms with van der Waals surface area (Å²) < 4.78 is 15.5. The first-order chi connectivity index (χ1) is 12.5. The van der Waals surface area contributed by atoms with Gasteiger partial charge in [-0.2, -0.15) is 0 Å². The summed E-state index contributed by atoms with van der Waals surface area (Å²) in [5.41, 5.74) is -1.62. The maximum absolute atomic E-state index is 13.1. The van der Waals surface area contributed by atoms with Crippen molar-refractivity contribution in [3.8, 4) is 5.75 Å². The number of hydrogen-bond acceptors (Lipinski definition) is 7. The quantitative estimate of drug-likeness (QED) is 0.746. The van der Waals surface area contributed by atoms with Crippen LogP contribution in [0.4, 0.5) is 0 Å². The SMILES string of the molecule is COC(=O)CC1(C(=O)OC)Oc2ccccc2C(=O)N1Cc1cccs1. The zero-order chi connectivity index (χ0) is 18.7. The zero-order valence-corrected chi connectivity index (χ0v) is 15.1. The smallest absolute Gasteiger partial charge is 0.373 e. The van der Waals surface area contributed by atoms with E-state index in [0.29, 0.717) is 5.56 Å². The number of carbonyl (C=O) groups is 3.